The van der Waals surface area contributed by atoms with Crippen LogP contribution in [0.2, 0.25) is 0 Å². The molecule has 0 aliphatic heterocycles. The molecule has 14 heteroatoms. The Kier molecular flexibility index (Phi) is 23.9. The van der Waals surface area contributed by atoms with Crippen molar-refractivity contribution in [3.8, 4) is 0 Å². The minimum absolute atomic E-state index is 0. The zero-order valence-corrected chi connectivity index (χ0v) is 23.2. The van der Waals surface area contributed by atoms with Gasteiger partial charge in [0.05, 0.1) is 15.9 Å². The van der Waals surface area contributed by atoms with E-state index in [0.29, 0.717) is 0 Å². The van der Waals surface area contributed by atoms with Crippen LogP contribution in [-0.2, 0) is 29.8 Å². The van der Waals surface area contributed by atoms with Crippen molar-refractivity contribution in [2.75, 3.05) is 24.6 Å². The first-order valence-corrected chi connectivity index (χ1v) is 11.3. The van der Waals surface area contributed by atoms with Crippen molar-refractivity contribution in [3.05, 3.63) is 0 Å². The summed E-state index contributed by atoms with van der Waals surface area (Å²) in [6, 6.07) is 0. The van der Waals surface area contributed by atoms with Gasteiger partial charge in [0.1, 0.15) is 0 Å². The SMILES string of the molecule is CC(C)C(=O)NCCCS(=O)(=O)O.CC(C)C(=O)NCCCS(=O)(=O)[O-].[H-].[Na+].[Na+]. The van der Waals surface area contributed by atoms with Crippen molar-refractivity contribution < 1.29 is 96.1 Å². The van der Waals surface area contributed by atoms with E-state index >= 15 is 0 Å². The zero-order valence-electron chi connectivity index (χ0n) is 18.5. The van der Waals surface area contributed by atoms with Crippen LogP contribution in [0.3, 0.4) is 0 Å². The molecule has 0 radical (unpaired) electrons. The van der Waals surface area contributed by atoms with Gasteiger partial charge in [0, 0.05) is 30.7 Å². The van der Waals surface area contributed by atoms with Crippen LogP contribution in [0, 0.1) is 11.8 Å². The molecule has 3 N–H and O–H groups in total. The quantitative estimate of drug-likeness (QED) is 0.163. The Morgan fingerprint density at radius 3 is 1.43 bits per heavy atom. The molecule has 0 aromatic carbocycles. The summed E-state index contributed by atoms with van der Waals surface area (Å²) in [7, 11) is -8.04. The fourth-order valence-electron chi connectivity index (χ4n) is 1.33. The summed E-state index contributed by atoms with van der Waals surface area (Å²) in [4.78, 5) is 21.9. The van der Waals surface area contributed by atoms with Crippen LogP contribution in [0.25, 0.3) is 0 Å². The number of hydrogen-bond donors (Lipinski definition) is 3. The van der Waals surface area contributed by atoms with Gasteiger partial charge in [0.2, 0.25) is 11.8 Å². The second kappa shape index (κ2) is 18.5. The van der Waals surface area contributed by atoms with Gasteiger partial charge < -0.3 is 16.6 Å². The first kappa shape index (κ1) is 36.2. The van der Waals surface area contributed by atoms with Crippen molar-refractivity contribution in [2.24, 2.45) is 11.8 Å². The molecule has 158 valence electrons. The largest absolute Gasteiger partial charge is 1.00 e. The van der Waals surface area contributed by atoms with Gasteiger partial charge in [-0.05, 0) is 12.8 Å². The summed E-state index contributed by atoms with van der Waals surface area (Å²) in [6.07, 6.45) is 0.404. The molecule has 0 aromatic heterocycles. The Balaban J connectivity index is -0.000000120. The van der Waals surface area contributed by atoms with Crippen LogP contribution < -0.4 is 69.7 Å². The molecule has 0 heterocycles. The predicted octanol–water partition coefficient (Wildman–Crippen LogP) is -6.15. The average molecular weight is 465 g/mol. The van der Waals surface area contributed by atoms with E-state index in [1.54, 1.807) is 27.7 Å². The molecule has 0 atom stereocenters. The fourth-order valence-corrected chi connectivity index (χ4v) is 2.34. The minimum atomic E-state index is -4.14. The molecule has 0 aromatic rings. The normalized spacial score (nSPS) is 10.9. The number of carbonyl (C=O) groups is 2. The van der Waals surface area contributed by atoms with Gasteiger partial charge >= 0.3 is 59.1 Å². The molecule has 2 amide bonds. The predicted molar refractivity (Wildman–Crippen MR) is 97.0 cm³/mol. The number of carbonyl (C=O) groups excluding carboxylic acids is 2. The average Bonchev–Trinajstić information content (AvgIpc) is 2.46. The molecular weight excluding hydrogens is 434 g/mol. The van der Waals surface area contributed by atoms with Crippen molar-refractivity contribution in [1.29, 1.82) is 0 Å². The van der Waals surface area contributed by atoms with Gasteiger partial charge in [-0.2, -0.15) is 8.42 Å². The van der Waals surface area contributed by atoms with Crippen LogP contribution in [0.15, 0.2) is 0 Å². The van der Waals surface area contributed by atoms with Crippen molar-refractivity contribution in [2.45, 2.75) is 40.5 Å². The minimum Gasteiger partial charge on any atom is -1.00 e. The van der Waals surface area contributed by atoms with Gasteiger partial charge in [0.25, 0.3) is 10.1 Å². The number of rotatable bonds is 10. The summed E-state index contributed by atoms with van der Waals surface area (Å²) in [5.41, 5.74) is 0. The summed E-state index contributed by atoms with van der Waals surface area (Å²) >= 11 is 0. The van der Waals surface area contributed by atoms with Gasteiger partial charge in [0.15, 0.2) is 0 Å². The maximum absolute atomic E-state index is 10.9. The van der Waals surface area contributed by atoms with E-state index in [0.717, 1.165) is 0 Å². The molecule has 0 aliphatic rings. The summed E-state index contributed by atoms with van der Waals surface area (Å²) in [5.74, 6) is -1.22. The number of amides is 2. The van der Waals surface area contributed by atoms with Gasteiger partial charge in [-0.3, -0.25) is 14.1 Å². The monoisotopic (exact) mass is 464 g/mol. The van der Waals surface area contributed by atoms with Crippen molar-refractivity contribution >= 4 is 32.1 Å². The summed E-state index contributed by atoms with van der Waals surface area (Å²) in [6.45, 7) is 7.48. The molecule has 0 fully saturated rings. The van der Waals surface area contributed by atoms with E-state index in [9.17, 15) is 31.0 Å². The molecule has 0 unspecified atom stereocenters. The third-order valence-electron chi connectivity index (χ3n) is 2.80. The van der Waals surface area contributed by atoms with Crippen LogP contribution in [0.5, 0.6) is 0 Å². The van der Waals surface area contributed by atoms with Crippen molar-refractivity contribution in [1.82, 2.24) is 10.6 Å². The molecule has 0 saturated carbocycles. The first-order valence-electron chi connectivity index (χ1n) is 8.10. The Morgan fingerprint density at radius 2 is 1.18 bits per heavy atom. The van der Waals surface area contributed by atoms with E-state index in [2.05, 4.69) is 10.6 Å². The topological polar surface area (TPSA) is 170 Å². The van der Waals surface area contributed by atoms with Gasteiger partial charge in [-0.1, -0.05) is 27.7 Å². The maximum atomic E-state index is 10.9. The van der Waals surface area contributed by atoms with E-state index in [4.69, 9.17) is 4.55 Å². The van der Waals surface area contributed by atoms with E-state index in [1.165, 1.54) is 0 Å². The van der Waals surface area contributed by atoms with Gasteiger partial charge in [-0.15, -0.1) is 0 Å². The molecular formula is C14H30N2Na2O8S2. The molecule has 0 aliphatic carbocycles. The van der Waals surface area contributed by atoms with Crippen LogP contribution in [0.1, 0.15) is 42.0 Å². The van der Waals surface area contributed by atoms with E-state index in [-0.39, 0.29) is 116 Å². The summed E-state index contributed by atoms with van der Waals surface area (Å²) in [5, 5.41) is 5.05. The van der Waals surface area contributed by atoms with Crippen molar-refractivity contribution in [3.63, 3.8) is 0 Å². The smallest absolute Gasteiger partial charge is 1.00 e. The second-order valence-corrected chi connectivity index (χ2v) is 9.24. The third-order valence-corrected chi connectivity index (χ3v) is 4.39. The summed E-state index contributed by atoms with van der Waals surface area (Å²) < 4.78 is 59.3. The van der Waals surface area contributed by atoms with E-state index in [1.807, 2.05) is 0 Å². The Bertz CT molecular complexity index is 588. The number of hydrogen-bond acceptors (Lipinski definition) is 7. The Labute approximate surface area is 213 Å². The van der Waals surface area contributed by atoms with Crippen LogP contribution in [0.4, 0.5) is 0 Å². The third kappa shape index (κ3) is 29.0. The second-order valence-electron chi connectivity index (χ2n) is 6.15. The zero-order chi connectivity index (χ0) is 21.0. The van der Waals surface area contributed by atoms with Gasteiger partial charge in [-0.25, -0.2) is 8.42 Å². The molecule has 0 bridgehead atoms. The van der Waals surface area contributed by atoms with Crippen LogP contribution in [-0.4, -0.2) is 62.4 Å². The molecule has 10 nitrogen and oxygen atoms in total. The van der Waals surface area contributed by atoms with E-state index < -0.39 is 26.0 Å². The molecule has 28 heavy (non-hydrogen) atoms. The maximum Gasteiger partial charge on any atom is 1.00 e. The molecule has 0 saturated heterocycles. The Morgan fingerprint density at radius 1 is 0.857 bits per heavy atom. The Hall–Kier alpha value is 0.760. The van der Waals surface area contributed by atoms with Crippen LogP contribution >= 0.6 is 0 Å². The fraction of sp³-hybridized carbons (Fsp3) is 0.857. The number of nitrogens with one attached hydrogen (secondary N) is 2. The first-order chi connectivity index (χ1) is 11.7. The standard InChI is InChI=1S/2C7H15NO4S.2Na.H/c2*1-6(2)7(9)8-4-3-5-13(10,11)12;;;/h2*6H,3-5H2,1-2H3,(H,8,9)(H,10,11,12);;;/q;;2*+1;-1/p-1. The molecule has 0 rings (SSSR count). The molecule has 0 spiro atoms.